The number of hydrogen-bond donors (Lipinski definition) is 1. The average molecular weight is 253 g/mol. The Morgan fingerprint density at radius 1 is 1.47 bits per heavy atom. The van der Waals surface area contributed by atoms with Crippen molar-refractivity contribution in [3.05, 3.63) is 47.0 Å². The molecule has 0 unspecified atom stereocenters. The molecule has 17 heavy (non-hydrogen) atoms. The van der Waals surface area contributed by atoms with Crippen LogP contribution in [0.5, 0.6) is 5.75 Å². The van der Waals surface area contributed by atoms with Crippen LogP contribution < -0.4 is 4.74 Å². The SMILES string of the molecule is COc1ccc(Cl)cc1/C(C)=C/C=C/C(=O)O. The Labute approximate surface area is 105 Å². The maximum Gasteiger partial charge on any atom is 0.328 e. The van der Waals surface area contributed by atoms with Gasteiger partial charge in [-0.2, -0.15) is 0 Å². The number of carbonyl (C=O) groups is 1. The van der Waals surface area contributed by atoms with Crippen molar-refractivity contribution in [3.63, 3.8) is 0 Å². The number of carboxylic acids is 1. The Kier molecular flexibility index (Phi) is 4.79. The molecule has 0 aliphatic heterocycles. The van der Waals surface area contributed by atoms with Gasteiger partial charge in [0.25, 0.3) is 0 Å². The molecule has 0 aliphatic carbocycles. The molecule has 90 valence electrons. The standard InChI is InChI=1S/C13H13ClO3/c1-9(4-3-5-13(15)16)11-8-10(14)6-7-12(11)17-2/h3-8H,1-2H3,(H,15,16)/b5-3+,9-4+. The van der Waals surface area contributed by atoms with Crippen molar-refractivity contribution in [2.24, 2.45) is 0 Å². The summed E-state index contributed by atoms with van der Waals surface area (Å²) in [6.45, 7) is 1.86. The van der Waals surface area contributed by atoms with Crippen LogP contribution in [0.1, 0.15) is 12.5 Å². The maximum absolute atomic E-state index is 10.3. The molecule has 4 heteroatoms. The summed E-state index contributed by atoms with van der Waals surface area (Å²) in [5.41, 5.74) is 1.72. The van der Waals surface area contributed by atoms with E-state index in [-0.39, 0.29) is 0 Å². The molecule has 0 saturated heterocycles. The second-order valence-electron chi connectivity index (χ2n) is 3.39. The summed E-state index contributed by atoms with van der Waals surface area (Å²) >= 11 is 5.91. The lowest BCUT2D eigenvalue weighted by atomic mass is 10.1. The van der Waals surface area contributed by atoms with Crippen LogP contribution in [-0.4, -0.2) is 18.2 Å². The van der Waals surface area contributed by atoms with Crippen molar-refractivity contribution in [2.45, 2.75) is 6.92 Å². The van der Waals surface area contributed by atoms with Gasteiger partial charge in [0.05, 0.1) is 7.11 Å². The maximum atomic E-state index is 10.3. The minimum absolute atomic E-state index is 0.607. The van der Waals surface area contributed by atoms with Crippen molar-refractivity contribution in [1.82, 2.24) is 0 Å². The molecule has 0 heterocycles. The number of ether oxygens (including phenoxy) is 1. The predicted molar refractivity (Wildman–Crippen MR) is 68.4 cm³/mol. The number of carboxylic acid groups (broad SMARTS) is 1. The molecule has 1 N–H and O–H groups in total. The number of benzene rings is 1. The van der Waals surface area contributed by atoms with Crippen LogP contribution in [0.3, 0.4) is 0 Å². The van der Waals surface area contributed by atoms with Gasteiger partial charge in [-0.25, -0.2) is 4.79 Å². The van der Waals surface area contributed by atoms with Gasteiger partial charge in [0.2, 0.25) is 0 Å². The van der Waals surface area contributed by atoms with Crippen LogP contribution >= 0.6 is 11.6 Å². The predicted octanol–water partition coefficient (Wildman–Crippen LogP) is 3.39. The van der Waals surface area contributed by atoms with Gasteiger partial charge >= 0.3 is 5.97 Å². The van der Waals surface area contributed by atoms with Gasteiger partial charge in [0, 0.05) is 16.7 Å². The molecule has 0 amide bonds. The molecule has 0 atom stereocenters. The van der Waals surface area contributed by atoms with Gasteiger partial charge in [-0.15, -0.1) is 0 Å². The third-order valence-electron chi connectivity index (χ3n) is 2.17. The summed E-state index contributed by atoms with van der Waals surface area (Å²) < 4.78 is 5.21. The molecule has 0 bridgehead atoms. The van der Waals surface area contributed by atoms with Crippen LogP contribution in [-0.2, 0) is 4.79 Å². The van der Waals surface area contributed by atoms with Crippen LogP contribution in [0.2, 0.25) is 5.02 Å². The Morgan fingerprint density at radius 3 is 2.76 bits per heavy atom. The van der Waals surface area contributed by atoms with E-state index in [4.69, 9.17) is 21.4 Å². The van der Waals surface area contributed by atoms with Crippen molar-refractivity contribution in [2.75, 3.05) is 7.11 Å². The second kappa shape index (κ2) is 6.11. The minimum Gasteiger partial charge on any atom is -0.496 e. The summed E-state index contributed by atoms with van der Waals surface area (Å²) in [6, 6.07) is 5.29. The lowest BCUT2D eigenvalue weighted by Gasteiger charge is -2.08. The largest absolute Gasteiger partial charge is 0.496 e. The fourth-order valence-corrected chi connectivity index (χ4v) is 1.53. The highest BCUT2D eigenvalue weighted by Gasteiger charge is 2.04. The smallest absolute Gasteiger partial charge is 0.328 e. The first-order valence-electron chi connectivity index (χ1n) is 4.96. The first-order valence-corrected chi connectivity index (χ1v) is 5.34. The number of halogens is 1. The molecule has 0 spiro atoms. The van der Waals surface area contributed by atoms with Crippen molar-refractivity contribution < 1.29 is 14.6 Å². The average Bonchev–Trinajstić information content (AvgIpc) is 2.28. The van der Waals surface area contributed by atoms with E-state index in [2.05, 4.69) is 0 Å². The van der Waals surface area contributed by atoms with Gasteiger partial charge < -0.3 is 9.84 Å². The minimum atomic E-state index is -0.980. The van der Waals surface area contributed by atoms with E-state index >= 15 is 0 Å². The van der Waals surface area contributed by atoms with Gasteiger partial charge in [-0.1, -0.05) is 23.8 Å². The lowest BCUT2D eigenvalue weighted by molar-refractivity contribution is -0.131. The van der Waals surface area contributed by atoms with Crippen LogP contribution in [0.15, 0.2) is 36.4 Å². The van der Waals surface area contributed by atoms with Gasteiger partial charge in [-0.05, 0) is 30.7 Å². The summed E-state index contributed by atoms with van der Waals surface area (Å²) in [5, 5.41) is 9.09. The van der Waals surface area contributed by atoms with Crippen molar-refractivity contribution in [1.29, 1.82) is 0 Å². The fourth-order valence-electron chi connectivity index (χ4n) is 1.35. The normalized spacial score (nSPS) is 11.8. The quantitative estimate of drug-likeness (QED) is 0.660. The molecular formula is C13H13ClO3. The van der Waals surface area contributed by atoms with Crippen molar-refractivity contribution in [3.8, 4) is 5.75 Å². The third kappa shape index (κ3) is 3.96. The number of allylic oxidation sites excluding steroid dienone is 3. The highest BCUT2D eigenvalue weighted by Crippen LogP contribution is 2.28. The summed E-state index contributed by atoms with van der Waals surface area (Å²) in [7, 11) is 1.58. The molecule has 0 fully saturated rings. The van der Waals surface area contributed by atoms with Crippen LogP contribution in [0, 0.1) is 0 Å². The van der Waals surface area contributed by atoms with E-state index < -0.39 is 5.97 Å². The lowest BCUT2D eigenvalue weighted by Crippen LogP contribution is -1.90. The zero-order valence-corrected chi connectivity index (χ0v) is 10.4. The molecule has 1 aromatic carbocycles. The highest BCUT2D eigenvalue weighted by molar-refractivity contribution is 6.30. The van der Waals surface area contributed by atoms with E-state index in [1.165, 1.54) is 6.08 Å². The Morgan fingerprint density at radius 2 is 2.18 bits per heavy atom. The molecule has 0 saturated carbocycles. The van der Waals surface area contributed by atoms with Gasteiger partial charge in [0.1, 0.15) is 5.75 Å². The zero-order valence-electron chi connectivity index (χ0n) is 9.61. The number of methoxy groups -OCH3 is 1. The fraction of sp³-hybridized carbons (Fsp3) is 0.154. The van der Waals surface area contributed by atoms with E-state index in [9.17, 15) is 4.79 Å². The van der Waals surface area contributed by atoms with E-state index in [1.54, 1.807) is 31.4 Å². The second-order valence-corrected chi connectivity index (χ2v) is 3.83. The topological polar surface area (TPSA) is 46.5 Å². The van der Waals surface area contributed by atoms with E-state index in [0.29, 0.717) is 10.8 Å². The van der Waals surface area contributed by atoms with Gasteiger partial charge in [0.15, 0.2) is 0 Å². The molecule has 0 aromatic heterocycles. The monoisotopic (exact) mass is 252 g/mol. The van der Waals surface area contributed by atoms with E-state index in [1.807, 2.05) is 6.92 Å². The summed E-state index contributed by atoms with van der Waals surface area (Å²) in [5.74, 6) is -0.279. The molecule has 1 aromatic rings. The Bertz CT molecular complexity index is 476. The molecule has 3 nitrogen and oxygen atoms in total. The van der Waals surface area contributed by atoms with E-state index in [0.717, 1.165) is 17.2 Å². The first-order chi connectivity index (χ1) is 8.04. The molecule has 0 aliphatic rings. The zero-order chi connectivity index (χ0) is 12.8. The molecular weight excluding hydrogens is 240 g/mol. The molecule has 0 radical (unpaired) electrons. The van der Waals surface area contributed by atoms with Crippen LogP contribution in [0.4, 0.5) is 0 Å². The van der Waals surface area contributed by atoms with Crippen LogP contribution in [0.25, 0.3) is 5.57 Å². The Balaban J connectivity index is 3.06. The summed E-state index contributed by atoms with van der Waals surface area (Å²) in [6.07, 6.45) is 4.24. The number of aliphatic carboxylic acids is 1. The Hall–Kier alpha value is -1.74. The first kappa shape index (κ1) is 13.3. The molecule has 1 rings (SSSR count). The summed E-state index contributed by atoms with van der Waals surface area (Å²) in [4.78, 5) is 10.3. The highest BCUT2D eigenvalue weighted by atomic mass is 35.5. The van der Waals surface area contributed by atoms with Crippen molar-refractivity contribution >= 4 is 23.1 Å². The van der Waals surface area contributed by atoms with Gasteiger partial charge in [-0.3, -0.25) is 0 Å². The number of rotatable bonds is 4. The third-order valence-corrected chi connectivity index (χ3v) is 2.41. The number of hydrogen-bond acceptors (Lipinski definition) is 2.